The molecule has 1 aliphatic rings. The van der Waals surface area contributed by atoms with Crippen molar-refractivity contribution in [2.24, 2.45) is 0 Å². The molecular weight excluding hydrogens is 464 g/mol. The molecule has 1 N–H and O–H groups in total. The zero-order valence-electron chi connectivity index (χ0n) is 19.2. The standard InChI is InChI=1S/C26H24F4N2O3/c1-15-11-21(16-3-6-18(27)7-4-16)32-22(12-15)20(26(28,29)30)14-31-25(33)17-5-10-23(24(13-17)34-2)35-19-8-9-19/h3-7,10-13,19-20H,8-9,14H2,1-2H3,(H,31,33). The Balaban J connectivity index is 1.54. The number of carbonyl (C=O) groups excluding carboxylic acids is 1. The largest absolute Gasteiger partial charge is 0.493 e. The Labute approximate surface area is 200 Å². The third-order valence-corrected chi connectivity index (χ3v) is 5.59. The number of halogens is 4. The Bertz CT molecular complexity index is 1210. The SMILES string of the molecule is COc1cc(C(=O)NCC(c2cc(C)cc(-c3ccc(F)cc3)n2)C(F)(F)F)ccc1OC1CC1. The van der Waals surface area contributed by atoms with E-state index < -0.39 is 30.4 Å². The lowest BCUT2D eigenvalue weighted by molar-refractivity contribution is -0.149. The maximum atomic E-state index is 14.0. The fourth-order valence-corrected chi connectivity index (χ4v) is 3.60. The van der Waals surface area contributed by atoms with Gasteiger partial charge in [0.05, 0.1) is 24.6 Å². The molecule has 184 valence electrons. The van der Waals surface area contributed by atoms with Crippen LogP contribution in [0.3, 0.4) is 0 Å². The molecule has 1 atom stereocenters. The number of hydrogen-bond acceptors (Lipinski definition) is 4. The third kappa shape index (κ3) is 6.09. The van der Waals surface area contributed by atoms with Crippen molar-refractivity contribution < 1.29 is 31.8 Å². The fraction of sp³-hybridized carbons (Fsp3) is 0.308. The zero-order chi connectivity index (χ0) is 25.2. The highest BCUT2D eigenvalue weighted by Gasteiger charge is 2.42. The van der Waals surface area contributed by atoms with Crippen LogP contribution in [0.15, 0.2) is 54.6 Å². The van der Waals surface area contributed by atoms with Crippen molar-refractivity contribution in [1.29, 1.82) is 0 Å². The van der Waals surface area contributed by atoms with E-state index in [9.17, 15) is 22.4 Å². The molecule has 0 bridgehead atoms. The average molecular weight is 488 g/mol. The van der Waals surface area contributed by atoms with Crippen LogP contribution in [0.2, 0.25) is 0 Å². The predicted molar refractivity (Wildman–Crippen MR) is 122 cm³/mol. The molecule has 1 heterocycles. The number of ether oxygens (including phenoxy) is 2. The molecule has 0 spiro atoms. The van der Waals surface area contributed by atoms with Gasteiger partial charge in [-0.05, 0) is 79.9 Å². The predicted octanol–water partition coefficient (Wildman–Crippen LogP) is 5.82. The molecule has 0 saturated heterocycles. The van der Waals surface area contributed by atoms with Crippen molar-refractivity contribution in [2.45, 2.75) is 38.0 Å². The highest BCUT2D eigenvalue weighted by atomic mass is 19.4. The van der Waals surface area contributed by atoms with Crippen molar-refractivity contribution in [3.05, 3.63) is 77.2 Å². The van der Waals surface area contributed by atoms with Crippen LogP contribution in [0.1, 0.15) is 40.4 Å². The van der Waals surface area contributed by atoms with Crippen molar-refractivity contribution in [2.75, 3.05) is 13.7 Å². The van der Waals surface area contributed by atoms with Crippen LogP contribution in [0.4, 0.5) is 17.6 Å². The van der Waals surface area contributed by atoms with E-state index in [1.807, 2.05) is 0 Å². The number of amides is 1. The van der Waals surface area contributed by atoms with Gasteiger partial charge in [0.25, 0.3) is 5.91 Å². The van der Waals surface area contributed by atoms with Crippen LogP contribution >= 0.6 is 0 Å². The summed E-state index contributed by atoms with van der Waals surface area (Å²) in [6.45, 7) is 0.950. The minimum absolute atomic E-state index is 0.123. The van der Waals surface area contributed by atoms with E-state index in [1.54, 1.807) is 19.1 Å². The van der Waals surface area contributed by atoms with Gasteiger partial charge in [-0.1, -0.05) is 0 Å². The molecule has 1 unspecified atom stereocenters. The van der Waals surface area contributed by atoms with E-state index >= 15 is 0 Å². The Hall–Kier alpha value is -3.62. The van der Waals surface area contributed by atoms with Crippen molar-refractivity contribution in [3.8, 4) is 22.8 Å². The fourth-order valence-electron chi connectivity index (χ4n) is 3.60. The van der Waals surface area contributed by atoms with E-state index in [-0.39, 0.29) is 23.1 Å². The number of alkyl halides is 3. The number of aryl methyl sites for hydroxylation is 1. The number of rotatable bonds is 8. The Morgan fingerprint density at radius 2 is 1.80 bits per heavy atom. The molecule has 4 rings (SSSR count). The quantitative estimate of drug-likeness (QED) is 0.406. The van der Waals surface area contributed by atoms with Gasteiger partial charge in [-0.15, -0.1) is 0 Å². The lowest BCUT2D eigenvalue weighted by Crippen LogP contribution is -2.35. The first-order valence-electron chi connectivity index (χ1n) is 11.1. The summed E-state index contributed by atoms with van der Waals surface area (Å²) >= 11 is 0. The molecule has 35 heavy (non-hydrogen) atoms. The van der Waals surface area contributed by atoms with Gasteiger partial charge < -0.3 is 14.8 Å². The first-order chi connectivity index (χ1) is 16.6. The molecule has 9 heteroatoms. The van der Waals surface area contributed by atoms with Crippen molar-refractivity contribution in [1.82, 2.24) is 10.3 Å². The number of carbonyl (C=O) groups is 1. The minimum atomic E-state index is -4.66. The first kappa shape index (κ1) is 24.5. The second-order valence-electron chi connectivity index (χ2n) is 8.45. The van der Waals surface area contributed by atoms with E-state index in [0.717, 1.165) is 12.8 Å². The second kappa shape index (κ2) is 9.93. The molecule has 1 aliphatic carbocycles. The van der Waals surface area contributed by atoms with E-state index in [2.05, 4.69) is 10.3 Å². The van der Waals surface area contributed by atoms with Crippen molar-refractivity contribution >= 4 is 5.91 Å². The lowest BCUT2D eigenvalue weighted by Gasteiger charge is -2.21. The average Bonchev–Trinajstić information content (AvgIpc) is 3.62. The van der Waals surface area contributed by atoms with Gasteiger partial charge in [0.1, 0.15) is 11.7 Å². The number of methoxy groups -OCH3 is 1. The molecule has 3 aromatic rings. The number of aromatic nitrogens is 1. The molecule has 1 amide bonds. The molecule has 1 fully saturated rings. The maximum Gasteiger partial charge on any atom is 0.398 e. The monoisotopic (exact) mass is 488 g/mol. The van der Waals surface area contributed by atoms with Crippen LogP contribution in [0.25, 0.3) is 11.3 Å². The molecule has 2 aromatic carbocycles. The van der Waals surface area contributed by atoms with E-state index in [4.69, 9.17) is 9.47 Å². The summed E-state index contributed by atoms with van der Waals surface area (Å²) < 4.78 is 66.2. The smallest absolute Gasteiger partial charge is 0.398 e. The highest BCUT2D eigenvalue weighted by molar-refractivity contribution is 5.95. The van der Waals surface area contributed by atoms with Gasteiger partial charge in [-0.3, -0.25) is 9.78 Å². The molecule has 5 nitrogen and oxygen atoms in total. The molecule has 1 aromatic heterocycles. The first-order valence-corrected chi connectivity index (χ1v) is 11.1. The number of benzene rings is 2. The van der Waals surface area contributed by atoms with Gasteiger partial charge in [0.2, 0.25) is 0 Å². The molecule has 0 radical (unpaired) electrons. The van der Waals surface area contributed by atoms with Crippen molar-refractivity contribution in [3.63, 3.8) is 0 Å². The highest BCUT2D eigenvalue weighted by Crippen LogP contribution is 2.36. The van der Waals surface area contributed by atoms with Gasteiger partial charge in [0.15, 0.2) is 11.5 Å². The van der Waals surface area contributed by atoms with Crippen LogP contribution in [0, 0.1) is 12.7 Å². The summed E-state index contributed by atoms with van der Waals surface area (Å²) in [5, 5.41) is 2.37. The Morgan fingerprint density at radius 3 is 2.43 bits per heavy atom. The Morgan fingerprint density at radius 1 is 1.09 bits per heavy atom. The summed E-state index contributed by atoms with van der Waals surface area (Å²) in [7, 11) is 1.43. The maximum absolute atomic E-state index is 14.0. The zero-order valence-corrected chi connectivity index (χ0v) is 19.2. The van der Waals surface area contributed by atoms with Crippen LogP contribution < -0.4 is 14.8 Å². The van der Waals surface area contributed by atoms with Gasteiger partial charge in [0, 0.05) is 17.7 Å². The van der Waals surface area contributed by atoms with E-state index in [1.165, 1.54) is 49.6 Å². The summed E-state index contributed by atoms with van der Waals surface area (Å²) in [5.41, 5.74) is 1.25. The lowest BCUT2D eigenvalue weighted by atomic mass is 10.00. The molecule has 1 saturated carbocycles. The van der Waals surface area contributed by atoms with Gasteiger partial charge in [-0.25, -0.2) is 4.39 Å². The van der Waals surface area contributed by atoms with Crippen LogP contribution in [-0.2, 0) is 0 Å². The summed E-state index contributed by atoms with van der Waals surface area (Å²) in [6, 6.07) is 12.8. The second-order valence-corrected chi connectivity index (χ2v) is 8.45. The number of hydrogen-bond donors (Lipinski definition) is 1. The van der Waals surface area contributed by atoms with Gasteiger partial charge in [-0.2, -0.15) is 13.2 Å². The van der Waals surface area contributed by atoms with Gasteiger partial charge >= 0.3 is 6.18 Å². The minimum Gasteiger partial charge on any atom is -0.493 e. The number of nitrogens with zero attached hydrogens (tertiary/aromatic N) is 1. The van der Waals surface area contributed by atoms with Crippen LogP contribution in [-0.4, -0.2) is 36.8 Å². The summed E-state index contributed by atoms with van der Waals surface area (Å²) in [6.07, 6.45) is -2.65. The van der Waals surface area contributed by atoms with Crippen LogP contribution in [0.5, 0.6) is 11.5 Å². The number of nitrogens with one attached hydrogen (secondary N) is 1. The normalized spacial score (nSPS) is 14.3. The topological polar surface area (TPSA) is 60.5 Å². The third-order valence-electron chi connectivity index (χ3n) is 5.59. The number of pyridine rings is 1. The van der Waals surface area contributed by atoms with E-state index in [0.29, 0.717) is 22.6 Å². The molecule has 0 aliphatic heterocycles. The molecular formula is C26H24F4N2O3. The summed E-state index contributed by atoms with van der Waals surface area (Å²) in [4.78, 5) is 16.9. The summed E-state index contributed by atoms with van der Waals surface area (Å²) in [5.74, 6) is -2.36. The Kier molecular flexibility index (Phi) is 6.95.